The molecule has 1 saturated carbocycles. The quantitative estimate of drug-likeness (QED) is 0.434. The van der Waals surface area contributed by atoms with E-state index in [-0.39, 0.29) is 5.41 Å². The maximum absolute atomic E-state index is 8.66. The molecule has 0 aliphatic heterocycles. The molecule has 1 rings (SSSR count). The number of ether oxygens (including phenoxy) is 2. The number of nitrogens with zero attached hydrogens (tertiary/aromatic N) is 1. The van der Waals surface area contributed by atoms with Gasteiger partial charge in [0.15, 0.2) is 0 Å². The lowest BCUT2D eigenvalue weighted by atomic mass is 9.69. The maximum atomic E-state index is 8.66. The van der Waals surface area contributed by atoms with E-state index in [4.69, 9.17) is 20.6 Å². The Morgan fingerprint density at radius 1 is 1.23 bits per heavy atom. The predicted octanol–water partition coefficient (Wildman–Crippen LogP) is 2.25. The average molecular weight is 369 g/mol. The SMILES string of the molecule is CCOCC1(COCC)CCC(C(=N)/C(=C\N)CN(C)CCNC)CC1. The van der Waals surface area contributed by atoms with Crippen LogP contribution >= 0.6 is 0 Å². The first-order chi connectivity index (χ1) is 12.5. The molecule has 0 aromatic rings. The molecule has 0 aromatic carbocycles. The first kappa shape index (κ1) is 23.1. The Labute approximate surface area is 160 Å². The summed E-state index contributed by atoms with van der Waals surface area (Å²) in [5.74, 6) is 0.291. The molecule has 0 radical (unpaired) electrons. The van der Waals surface area contributed by atoms with Crippen molar-refractivity contribution < 1.29 is 9.47 Å². The first-order valence-corrected chi connectivity index (χ1v) is 10.00. The van der Waals surface area contributed by atoms with E-state index < -0.39 is 0 Å². The number of hydrogen-bond donors (Lipinski definition) is 3. The van der Waals surface area contributed by atoms with Crippen LogP contribution in [0, 0.1) is 16.7 Å². The van der Waals surface area contributed by atoms with Crippen molar-refractivity contribution in [2.45, 2.75) is 39.5 Å². The Morgan fingerprint density at radius 3 is 2.27 bits per heavy atom. The van der Waals surface area contributed by atoms with Gasteiger partial charge in [-0.2, -0.15) is 0 Å². The molecule has 6 heteroatoms. The highest BCUT2D eigenvalue weighted by Crippen LogP contribution is 2.40. The molecule has 0 spiro atoms. The van der Waals surface area contributed by atoms with Crippen molar-refractivity contribution in [3.63, 3.8) is 0 Å². The number of nitrogens with one attached hydrogen (secondary N) is 2. The standard InChI is InChI=1S/C20H40N4O2/c1-5-25-15-20(16-26-6-2)9-7-17(8-10-20)19(22)18(13-21)14-24(4)12-11-23-3/h13,17,22-23H,5-12,14-16,21H2,1-4H3/b18-13-,22-19?. The topological polar surface area (TPSA) is 83.6 Å². The van der Waals surface area contributed by atoms with Crippen LogP contribution in [0.5, 0.6) is 0 Å². The molecular weight excluding hydrogens is 328 g/mol. The second-order valence-corrected chi connectivity index (χ2v) is 7.50. The Bertz CT molecular complexity index is 422. The van der Waals surface area contributed by atoms with Crippen molar-refractivity contribution in [3.8, 4) is 0 Å². The van der Waals surface area contributed by atoms with Crippen LogP contribution in [0.4, 0.5) is 0 Å². The minimum absolute atomic E-state index is 0.110. The summed E-state index contributed by atoms with van der Waals surface area (Å²) in [5.41, 5.74) is 7.63. The molecule has 0 bridgehead atoms. The Balaban J connectivity index is 2.61. The first-order valence-electron chi connectivity index (χ1n) is 10.00. The minimum Gasteiger partial charge on any atom is -0.404 e. The van der Waals surface area contributed by atoms with Gasteiger partial charge in [-0.25, -0.2) is 0 Å². The molecule has 0 saturated heterocycles. The maximum Gasteiger partial charge on any atom is 0.0544 e. The number of hydrogen-bond acceptors (Lipinski definition) is 6. The van der Waals surface area contributed by atoms with Gasteiger partial charge in [0, 0.05) is 61.7 Å². The molecule has 0 atom stereocenters. The summed E-state index contributed by atoms with van der Waals surface area (Å²) in [4.78, 5) is 2.21. The molecule has 6 nitrogen and oxygen atoms in total. The highest BCUT2D eigenvalue weighted by molar-refractivity contribution is 5.99. The van der Waals surface area contributed by atoms with Crippen LogP contribution in [0.25, 0.3) is 0 Å². The van der Waals surface area contributed by atoms with E-state index in [9.17, 15) is 0 Å². The van der Waals surface area contributed by atoms with Gasteiger partial charge in [0.1, 0.15) is 0 Å². The summed E-state index contributed by atoms with van der Waals surface area (Å²) in [7, 11) is 4.03. The summed E-state index contributed by atoms with van der Waals surface area (Å²) in [5, 5.41) is 11.8. The van der Waals surface area contributed by atoms with Crippen LogP contribution in [-0.2, 0) is 9.47 Å². The molecule has 0 unspecified atom stereocenters. The van der Waals surface area contributed by atoms with Crippen molar-refractivity contribution in [1.29, 1.82) is 5.41 Å². The lowest BCUT2D eigenvalue weighted by Crippen LogP contribution is -2.39. The van der Waals surface area contributed by atoms with Crippen LogP contribution in [0.2, 0.25) is 0 Å². The number of likely N-dealkylation sites (N-methyl/N-ethyl adjacent to an activating group) is 2. The van der Waals surface area contributed by atoms with Gasteiger partial charge in [-0.05, 0) is 53.6 Å². The van der Waals surface area contributed by atoms with Gasteiger partial charge in [-0.15, -0.1) is 0 Å². The molecule has 26 heavy (non-hydrogen) atoms. The predicted molar refractivity (Wildman–Crippen MR) is 109 cm³/mol. The Kier molecular flexibility index (Phi) is 11.0. The summed E-state index contributed by atoms with van der Waals surface area (Å²) >= 11 is 0. The second-order valence-electron chi connectivity index (χ2n) is 7.50. The molecule has 0 aromatic heterocycles. The van der Waals surface area contributed by atoms with Crippen molar-refractivity contribution in [1.82, 2.24) is 10.2 Å². The summed E-state index contributed by atoms with van der Waals surface area (Å²) in [6, 6.07) is 0. The average Bonchev–Trinajstić information content (AvgIpc) is 2.67. The third kappa shape index (κ3) is 7.35. The summed E-state index contributed by atoms with van der Waals surface area (Å²) in [6.07, 6.45) is 5.74. The van der Waals surface area contributed by atoms with E-state index in [0.717, 1.165) is 77.3 Å². The summed E-state index contributed by atoms with van der Waals surface area (Å²) in [6.45, 7) is 9.69. The monoisotopic (exact) mass is 368 g/mol. The van der Waals surface area contributed by atoms with Gasteiger partial charge in [0.25, 0.3) is 0 Å². The molecule has 1 aliphatic carbocycles. The van der Waals surface area contributed by atoms with Gasteiger partial charge in [0.2, 0.25) is 0 Å². The van der Waals surface area contributed by atoms with E-state index in [1.54, 1.807) is 6.20 Å². The fraction of sp³-hybridized carbons (Fsp3) is 0.850. The zero-order valence-electron chi connectivity index (χ0n) is 17.3. The Hall–Kier alpha value is -0.950. The van der Waals surface area contributed by atoms with Gasteiger partial charge >= 0.3 is 0 Å². The molecular formula is C20H40N4O2. The molecule has 0 amide bonds. The summed E-state index contributed by atoms with van der Waals surface area (Å²) < 4.78 is 11.5. The highest BCUT2D eigenvalue weighted by Gasteiger charge is 2.37. The zero-order valence-corrected chi connectivity index (χ0v) is 17.3. The van der Waals surface area contributed by atoms with Crippen molar-refractivity contribution in [2.75, 3.05) is 60.2 Å². The fourth-order valence-electron chi connectivity index (χ4n) is 3.65. The van der Waals surface area contributed by atoms with E-state index in [1.807, 2.05) is 20.9 Å². The normalized spacial score (nSPS) is 18.4. The molecule has 4 N–H and O–H groups in total. The van der Waals surface area contributed by atoms with Crippen LogP contribution < -0.4 is 11.1 Å². The lowest BCUT2D eigenvalue weighted by Gasteiger charge is -2.40. The zero-order chi connectivity index (χ0) is 19.4. The Morgan fingerprint density at radius 2 is 1.81 bits per heavy atom. The van der Waals surface area contributed by atoms with E-state index in [1.165, 1.54) is 0 Å². The van der Waals surface area contributed by atoms with Crippen LogP contribution in [-0.4, -0.2) is 70.8 Å². The van der Waals surface area contributed by atoms with E-state index in [0.29, 0.717) is 11.6 Å². The van der Waals surface area contributed by atoms with Gasteiger partial charge in [-0.3, -0.25) is 0 Å². The molecule has 152 valence electrons. The number of nitrogens with two attached hydrogens (primary N) is 1. The fourth-order valence-corrected chi connectivity index (χ4v) is 3.65. The third-order valence-electron chi connectivity index (χ3n) is 5.41. The minimum atomic E-state index is 0.110. The molecule has 1 aliphatic rings. The van der Waals surface area contributed by atoms with E-state index >= 15 is 0 Å². The van der Waals surface area contributed by atoms with Crippen LogP contribution in [0.15, 0.2) is 11.8 Å². The van der Waals surface area contributed by atoms with Crippen molar-refractivity contribution in [3.05, 3.63) is 11.8 Å². The second kappa shape index (κ2) is 12.4. The highest BCUT2D eigenvalue weighted by atomic mass is 16.5. The van der Waals surface area contributed by atoms with E-state index in [2.05, 4.69) is 17.3 Å². The van der Waals surface area contributed by atoms with Crippen molar-refractivity contribution in [2.24, 2.45) is 17.1 Å². The van der Waals surface area contributed by atoms with Gasteiger partial charge < -0.3 is 30.8 Å². The molecule has 0 heterocycles. The number of rotatable bonds is 13. The third-order valence-corrected chi connectivity index (χ3v) is 5.41. The lowest BCUT2D eigenvalue weighted by molar-refractivity contribution is -0.0402. The van der Waals surface area contributed by atoms with Gasteiger partial charge in [0.05, 0.1) is 13.2 Å². The van der Waals surface area contributed by atoms with Gasteiger partial charge in [-0.1, -0.05) is 0 Å². The van der Waals surface area contributed by atoms with Crippen molar-refractivity contribution >= 4 is 5.71 Å². The van der Waals surface area contributed by atoms with Crippen LogP contribution in [0.1, 0.15) is 39.5 Å². The van der Waals surface area contributed by atoms with Crippen LogP contribution in [0.3, 0.4) is 0 Å². The molecule has 1 fully saturated rings. The largest absolute Gasteiger partial charge is 0.404 e. The smallest absolute Gasteiger partial charge is 0.0544 e.